The Hall–Kier alpha value is -1.15. The van der Waals surface area contributed by atoms with Crippen LogP contribution in [0.15, 0.2) is 52.4 Å². The van der Waals surface area contributed by atoms with Gasteiger partial charge in [-0.2, -0.15) is 0 Å². The molecule has 0 radical (unpaired) electrons. The zero-order valence-corrected chi connectivity index (χ0v) is 8.59. The maximum absolute atomic E-state index is 11.8. The number of rotatable bonds is 4. The molecule has 0 aromatic heterocycles. The Labute approximate surface area is 86.0 Å². The predicted molar refractivity (Wildman–Crippen MR) is 57.2 cm³/mol. The summed E-state index contributed by atoms with van der Waals surface area (Å²) in [5.41, 5.74) is 2.61. The summed E-state index contributed by atoms with van der Waals surface area (Å²) in [5, 5.41) is 8.74. The molecule has 2 nitrogen and oxygen atoms in total. The maximum Gasteiger partial charge on any atom is 0.0887 e. The number of aliphatic hydroxyl groups excluding tert-OH is 1. The third kappa shape index (κ3) is 2.67. The van der Waals surface area contributed by atoms with Crippen molar-refractivity contribution in [2.75, 3.05) is 6.61 Å². The van der Waals surface area contributed by atoms with E-state index in [9.17, 15) is 4.21 Å². The largest absolute Gasteiger partial charge is 0.396 e. The maximum atomic E-state index is 11.8. The van der Waals surface area contributed by atoms with Crippen LogP contribution < -0.4 is 0 Å². The molecule has 74 valence electrons. The Kier molecular flexibility index (Phi) is 4.33. The topological polar surface area (TPSA) is 37.3 Å². The summed E-state index contributed by atoms with van der Waals surface area (Å²) in [6, 6.07) is 9.08. The molecule has 1 aromatic carbocycles. The Morgan fingerprint density at radius 3 is 2.57 bits per heavy atom. The second kappa shape index (κ2) is 5.55. The van der Waals surface area contributed by atoms with Crippen molar-refractivity contribution < 1.29 is 9.32 Å². The van der Waals surface area contributed by atoms with Gasteiger partial charge in [0.05, 0.1) is 15.7 Å². The van der Waals surface area contributed by atoms with E-state index in [-0.39, 0.29) is 6.61 Å². The van der Waals surface area contributed by atoms with Gasteiger partial charge in [0.15, 0.2) is 0 Å². The Morgan fingerprint density at radius 1 is 1.43 bits per heavy atom. The molecule has 14 heavy (non-hydrogen) atoms. The normalized spacial score (nSPS) is 11.8. The predicted octanol–water partition coefficient (Wildman–Crippen LogP) is 1.85. The van der Waals surface area contributed by atoms with Crippen molar-refractivity contribution in [3.8, 4) is 0 Å². The molecule has 0 saturated heterocycles. The van der Waals surface area contributed by atoms with Crippen molar-refractivity contribution in [1.29, 1.82) is 0 Å². The third-order valence-electron chi connectivity index (χ3n) is 1.72. The van der Waals surface area contributed by atoms with Crippen LogP contribution in [0.4, 0.5) is 0 Å². The van der Waals surface area contributed by atoms with Crippen LogP contribution in [0.2, 0.25) is 0 Å². The van der Waals surface area contributed by atoms with Crippen LogP contribution in [-0.2, 0) is 10.8 Å². The quantitative estimate of drug-likeness (QED) is 0.767. The fourth-order valence-electron chi connectivity index (χ4n) is 1.03. The van der Waals surface area contributed by atoms with Gasteiger partial charge in [-0.15, -0.1) is 5.73 Å². The highest BCUT2D eigenvalue weighted by atomic mass is 32.2. The van der Waals surface area contributed by atoms with Crippen molar-refractivity contribution in [3.05, 3.63) is 47.5 Å². The highest BCUT2D eigenvalue weighted by Crippen LogP contribution is 2.15. The lowest BCUT2D eigenvalue weighted by Crippen LogP contribution is -1.97. The lowest BCUT2D eigenvalue weighted by Gasteiger charge is -2.02. The summed E-state index contributed by atoms with van der Waals surface area (Å²) in [4.78, 5) is 1.26. The number of benzene rings is 1. The summed E-state index contributed by atoms with van der Waals surface area (Å²) >= 11 is 0. The van der Waals surface area contributed by atoms with Crippen LogP contribution in [-0.4, -0.2) is 15.9 Å². The van der Waals surface area contributed by atoms with Gasteiger partial charge in [0, 0.05) is 17.9 Å². The van der Waals surface area contributed by atoms with E-state index < -0.39 is 10.8 Å². The van der Waals surface area contributed by atoms with Gasteiger partial charge in [0.25, 0.3) is 0 Å². The average Bonchev–Trinajstić information content (AvgIpc) is 2.26. The molecule has 0 fully saturated rings. The molecule has 0 aliphatic heterocycles. The van der Waals surface area contributed by atoms with Gasteiger partial charge in [-0.25, -0.2) is 4.21 Å². The molecule has 3 heteroatoms. The SMILES string of the molecule is C=C=C(CCO)S(=O)c1ccccc1. The summed E-state index contributed by atoms with van der Waals surface area (Å²) in [6.45, 7) is 3.43. The third-order valence-corrected chi connectivity index (χ3v) is 3.21. The first kappa shape index (κ1) is 10.9. The minimum absolute atomic E-state index is 0.0313. The van der Waals surface area contributed by atoms with Crippen LogP contribution in [0, 0.1) is 0 Å². The van der Waals surface area contributed by atoms with E-state index >= 15 is 0 Å². The lowest BCUT2D eigenvalue weighted by atomic mass is 10.4. The van der Waals surface area contributed by atoms with Crippen LogP contribution in [0.25, 0.3) is 0 Å². The minimum Gasteiger partial charge on any atom is -0.396 e. The molecule has 0 saturated carbocycles. The summed E-state index contributed by atoms with van der Waals surface area (Å²) in [5.74, 6) is 0. The second-order valence-electron chi connectivity index (χ2n) is 2.66. The van der Waals surface area contributed by atoms with Gasteiger partial charge in [-0.05, 0) is 12.1 Å². The van der Waals surface area contributed by atoms with Crippen molar-refractivity contribution in [1.82, 2.24) is 0 Å². The molecular formula is C11H12O2S. The molecule has 1 atom stereocenters. The van der Waals surface area contributed by atoms with E-state index in [0.29, 0.717) is 16.2 Å². The van der Waals surface area contributed by atoms with Gasteiger partial charge in [-0.1, -0.05) is 24.8 Å². The van der Waals surface area contributed by atoms with E-state index in [2.05, 4.69) is 12.3 Å². The summed E-state index contributed by atoms with van der Waals surface area (Å²) in [6.07, 6.45) is 0.352. The molecule has 0 heterocycles. The molecule has 0 aliphatic carbocycles. The monoisotopic (exact) mass is 208 g/mol. The van der Waals surface area contributed by atoms with Crippen LogP contribution in [0.1, 0.15) is 6.42 Å². The van der Waals surface area contributed by atoms with Crippen molar-refractivity contribution in [2.24, 2.45) is 0 Å². The molecule has 0 bridgehead atoms. The van der Waals surface area contributed by atoms with Crippen LogP contribution >= 0.6 is 0 Å². The highest BCUT2D eigenvalue weighted by molar-refractivity contribution is 7.89. The first-order chi connectivity index (χ1) is 6.79. The van der Waals surface area contributed by atoms with Crippen LogP contribution in [0.3, 0.4) is 0 Å². The highest BCUT2D eigenvalue weighted by Gasteiger charge is 2.08. The Balaban J connectivity index is 2.90. The molecule has 1 aromatic rings. The lowest BCUT2D eigenvalue weighted by molar-refractivity contribution is 0.301. The van der Waals surface area contributed by atoms with Gasteiger partial charge >= 0.3 is 0 Å². The fourth-order valence-corrected chi connectivity index (χ4v) is 2.13. The van der Waals surface area contributed by atoms with Gasteiger partial charge in [0.1, 0.15) is 0 Å². The van der Waals surface area contributed by atoms with Crippen LogP contribution in [0.5, 0.6) is 0 Å². The average molecular weight is 208 g/mol. The molecule has 0 spiro atoms. The molecular weight excluding hydrogens is 196 g/mol. The zero-order chi connectivity index (χ0) is 10.4. The van der Waals surface area contributed by atoms with E-state index in [1.807, 2.05) is 18.2 Å². The number of hydrogen-bond acceptors (Lipinski definition) is 2. The number of aliphatic hydroxyl groups is 1. The van der Waals surface area contributed by atoms with Crippen molar-refractivity contribution in [3.63, 3.8) is 0 Å². The van der Waals surface area contributed by atoms with Gasteiger partial charge in [0.2, 0.25) is 0 Å². The zero-order valence-electron chi connectivity index (χ0n) is 7.77. The number of hydrogen-bond donors (Lipinski definition) is 1. The fraction of sp³-hybridized carbons (Fsp3) is 0.182. The first-order valence-corrected chi connectivity index (χ1v) is 5.41. The Bertz CT molecular complexity index is 364. The van der Waals surface area contributed by atoms with E-state index in [1.54, 1.807) is 12.1 Å². The minimum atomic E-state index is -1.24. The molecule has 1 N–H and O–H groups in total. The summed E-state index contributed by atoms with van der Waals surface area (Å²) < 4.78 is 11.8. The smallest absolute Gasteiger partial charge is 0.0887 e. The van der Waals surface area contributed by atoms with Gasteiger partial charge < -0.3 is 5.11 Å². The van der Waals surface area contributed by atoms with Crippen molar-refractivity contribution in [2.45, 2.75) is 11.3 Å². The molecule has 1 rings (SSSR count). The van der Waals surface area contributed by atoms with Gasteiger partial charge in [-0.3, -0.25) is 0 Å². The van der Waals surface area contributed by atoms with Crippen molar-refractivity contribution >= 4 is 10.8 Å². The summed E-state index contributed by atoms with van der Waals surface area (Å²) in [7, 11) is -1.24. The first-order valence-electron chi connectivity index (χ1n) is 4.26. The molecule has 0 amide bonds. The second-order valence-corrected chi connectivity index (χ2v) is 4.16. The van der Waals surface area contributed by atoms with E-state index in [0.717, 1.165) is 0 Å². The standard InChI is InChI=1S/C11H12O2S/c1-2-10(8-9-12)14(13)11-6-4-3-5-7-11/h3-7,12H,1,8-9H2. The molecule has 0 aliphatic rings. The molecule has 1 unspecified atom stereocenters. The van der Waals surface area contributed by atoms with E-state index in [1.165, 1.54) is 0 Å². The Morgan fingerprint density at radius 2 is 2.07 bits per heavy atom. The van der Waals surface area contributed by atoms with E-state index in [4.69, 9.17) is 5.11 Å².